The zero-order valence-corrected chi connectivity index (χ0v) is 23.4. The Labute approximate surface area is 219 Å². The molecule has 0 amide bonds. The molecule has 4 aliphatic carbocycles. The van der Waals surface area contributed by atoms with E-state index in [0.717, 1.165) is 38.5 Å². The lowest BCUT2D eigenvalue weighted by Gasteiger charge is -2.52. The first-order valence-corrected chi connectivity index (χ1v) is 13.8. The van der Waals surface area contributed by atoms with Crippen molar-refractivity contribution in [1.82, 2.24) is 0 Å². The summed E-state index contributed by atoms with van der Waals surface area (Å²) in [5.41, 5.74) is 8.46. The number of allylic oxidation sites excluding steroid dienone is 4. The van der Waals surface area contributed by atoms with E-state index in [0.29, 0.717) is 30.0 Å². The molecule has 1 N–H and O–H groups in total. The topological polar surface area (TPSA) is 40.5 Å². The van der Waals surface area contributed by atoms with Crippen molar-refractivity contribution in [3.63, 3.8) is 0 Å². The van der Waals surface area contributed by atoms with Gasteiger partial charge in [0, 0.05) is 37.5 Å². The van der Waals surface area contributed by atoms with Gasteiger partial charge in [-0.3, -0.25) is 4.79 Å². The Hall–Kier alpha value is -2.31. The highest BCUT2D eigenvalue weighted by molar-refractivity contribution is 5.93. The maximum atomic E-state index is 12.1. The minimum atomic E-state index is -0.191. The number of aryl methyl sites for hydroxylation is 1. The van der Waals surface area contributed by atoms with E-state index in [9.17, 15) is 9.90 Å². The summed E-state index contributed by atoms with van der Waals surface area (Å²) in [6.07, 6.45) is 13.6. The van der Waals surface area contributed by atoms with Gasteiger partial charge in [0.15, 0.2) is 5.78 Å². The van der Waals surface area contributed by atoms with Crippen molar-refractivity contribution >= 4 is 11.5 Å². The van der Waals surface area contributed by atoms with E-state index in [2.05, 4.69) is 57.0 Å². The first kappa shape index (κ1) is 26.7. The number of rotatable bonds is 2. The Kier molecular flexibility index (Phi) is 7.33. The van der Waals surface area contributed by atoms with Gasteiger partial charge in [-0.05, 0) is 118 Å². The molecule has 0 radical (unpaired) electrons. The fourth-order valence-corrected chi connectivity index (χ4v) is 7.33. The largest absolute Gasteiger partial charge is 0.393 e. The lowest BCUT2D eigenvalue weighted by Crippen LogP contribution is -2.45. The molecule has 1 aromatic carbocycles. The number of ketones is 1. The Bertz CT molecular complexity index is 1130. The molecule has 0 saturated heterocycles. The number of anilines is 1. The molecule has 2 saturated carbocycles. The summed E-state index contributed by atoms with van der Waals surface area (Å²) in [4.78, 5) is 14.3. The number of fused-ring (bicyclic) bond motifs is 4. The number of nitrogens with zero attached hydrogens (tertiary/aromatic N) is 1. The molecule has 36 heavy (non-hydrogen) atoms. The van der Waals surface area contributed by atoms with Gasteiger partial charge < -0.3 is 10.0 Å². The van der Waals surface area contributed by atoms with Crippen LogP contribution in [-0.4, -0.2) is 31.1 Å². The fraction of sp³-hybridized carbons (Fsp3) is 0.606. The second-order valence-corrected chi connectivity index (χ2v) is 13.0. The van der Waals surface area contributed by atoms with Gasteiger partial charge in [-0.2, -0.15) is 0 Å². The second-order valence-electron chi connectivity index (χ2n) is 13.0. The maximum absolute atomic E-state index is 12.1. The third-order valence-corrected chi connectivity index (χ3v) is 9.22. The van der Waals surface area contributed by atoms with Gasteiger partial charge in [0.25, 0.3) is 0 Å². The predicted molar refractivity (Wildman–Crippen MR) is 150 cm³/mol. The van der Waals surface area contributed by atoms with Gasteiger partial charge in [0.1, 0.15) is 0 Å². The third-order valence-electron chi connectivity index (χ3n) is 9.22. The van der Waals surface area contributed by atoms with Crippen LogP contribution >= 0.6 is 0 Å². The number of hydrogen-bond donors (Lipinski definition) is 1. The number of terminal acetylenes is 1. The molecule has 0 heterocycles. The summed E-state index contributed by atoms with van der Waals surface area (Å²) in [5.74, 6) is 4.39. The Balaban J connectivity index is 0.000000455. The van der Waals surface area contributed by atoms with Crippen LogP contribution in [0.4, 0.5) is 5.69 Å². The molecule has 0 spiro atoms. The first-order valence-electron chi connectivity index (χ1n) is 13.8. The lowest BCUT2D eigenvalue weighted by atomic mass is 9.53. The highest BCUT2D eigenvalue weighted by Gasteiger charge is 2.56. The average molecular weight is 488 g/mol. The van der Waals surface area contributed by atoms with E-state index in [1.807, 2.05) is 26.8 Å². The number of aliphatic hydroxyl groups excluding tert-OH is 1. The molecule has 0 aromatic heterocycles. The molecule has 5 unspecified atom stereocenters. The summed E-state index contributed by atoms with van der Waals surface area (Å²) < 4.78 is 0. The van der Waals surface area contributed by atoms with Crippen molar-refractivity contribution in [3.05, 3.63) is 52.1 Å². The second kappa shape index (κ2) is 9.86. The number of benzene rings is 1. The van der Waals surface area contributed by atoms with E-state index >= 15 is 0 Å². The summed E-state index contributed by atoms with van der Waals surface area (Å²) in [6, 6.07) is 6.95. The quantitative estimate of drug-likeness (QED) is 0.457. The van der Waals surface area contributed by atoms with Gasteiger partial charge in [-0.15, -0.1) is 12.3 Å². The molecule has 0 bridgehead atoms. The Morgan fingerprint density at radius 1 is 1.11 bits per heavy atom. The maximum Gasteiger partial charge on any atom is 0.156 e. The van der Waals surface area contributed by atoms with Gasteiger partial charge in [0.2, 0.25) is 0 Å². The normalized spacial score (nSPS) is 31.3. The van der Waals surface area contributed by atoms with Gasteiger partial charge in [0.05, 0.1) is 6.10 Å². The van der Waals surface area contributed by atoms with E-state index in [1.165, 1.54) is 28.0 Å². The monoisotopic (exact) mass is 487 g/mol. The molecule has 0 aliphatic heterocycles. The number of hydrogen-bond acceptors (Lipinski definition) is 3. The minimum Gasteiger partial charge on any atom is -0.393 e. The SMILES string of the molecule is C#CC(C)(C)C.Cc1cc(C2CC3(C)C(O)CCC3C3CCC4=CC(=O)CCC4=C23)ccc1N(C)C. The van der Waals surface area contributed by atoms with Crippen molar-refractivity contribution in [1.29, 1.82) is 0 Å². The van der Waals surface area contributed by atoms with Crippen LogP contribution in [0.25, 0.3) is 0 Å². The molecule has 4 aliphatic rings. The van der Waals surface area contributed by atoms with E-state index in [4.69, 9.17) is 6.42 Å². The Morgan fingerprint density at radius 3 is 2.42 bits per heavy atom. The van der Waals surface area contributed by atoms with Crippen molar-refractivity contribution in [3.8, 4) is 12.3 Å². The molecule has 5 atom stereocenters. The molecule has 194 valence electrons. The summed E-state index contributed by atoms with van der Waals surface area (Å²) in [5, 5.41) is 11.0. The van der Waals surface area contributed by atoms with Crippen molar-refractivity contribution in [2.24, 2.45) is 22.7 Å². The molecule has 3 nitrogen and oxygen atoms in total. The fourth-order valence-electron chi connectivity index (χ4n) is 7.33. The molecule has 3 heteroatoms. The molecule has 1 aromatic rings. The minimum absolute atomic E-state index is 0.000772. The van der Waals surface area contributed by atoms with Crippen LogP contribution in [0.3, 0.4) is 0 Å². The van der Waals surface area contributed by atoms with Crippen LogP contribution in [0.5, 0.6) is 0 Å². The van der Waals surface area contributed by atoms with Crippen molar-refractivity contribution < 1.29 is 9.90 Å². The smallest absolute Gasteiger partial charge is 0.156 e. The highest BCUT2D eigenvalue weighted by Crippen LogP contribution is 2.63. The summed E-state index contributed by atoms with van der Waals surface area (Å²) in [6.45, 7) is 10.6. The number of aliphatic hydroxyl groups is 1. The molecule has 2 fully saturated rings. The zero-order valence-electron chi connectivity index (χ0n) is 23.4. The summed E-state index contributed by atoms with van der Waals surface area (Å²) >= 11 is 0. The highest BCUT2D eigenvalue weighted by atomic mass is 16.3. The lowest BCUT2D eigenvalue weighted by molar-refractivity contribution is -0.114. The van der Waals surface area contributed by atoms with Crippen molar-refractivity contribution in [2.45, 2.75) is 91.6 Å². The van der Waals surface area contributed by atoms with Gasteiger partial charge in [-0.1, -0.05) is 24.6 Å². The average Bonchev–Trinajstić information content (AvgIpc) is 3.12. The van der Waals surface area contributed by atoms with Crippen LogP contribution < -0.4 is 4.90 Å². The van der Waals surface area contributed by atoms with Gasteiger partial charge in [-0.25, -0.2) is 0 Å². The molecular weight excluding hydrogens is 442 g/mol. The Morgan fingerprint density at radius 2 is 1.81 bits per heavy atom. The van der Waals surface area contributed by atoms with E-state index in [-0.39, 0.29) is 16.9 Å². The standard InChI is InChI=1S/C27H35NO2.C6H10/c1-16-13-17(6-11-24(16)28(3)4)22-15-27(2)23(10-12-25(27)30)21-8-5-18-14-19(29)7-9-20(18)26(21)22;1-5-6(2,3)4/h6,11,13-14,21-23,25,30H,5,7-10,12,15H2,1-4H3;1H,2-4H3. The van der Waals surface area contributed by atoms with Gasteiger partial charge >= 0.3 is 0 Å². The van der Waals surface area contributed by atoms with E-state index < -0.39 is 0 Å². The van der Waals surface area contributed by atoms with Crippen molar-refractivity contribution in [2.75, 3.05) is 19.0 Å². The number of carbonyl (C=O) groups is 1. The molecule has 5 rings (SSSR count). The predicted octanol–water partition coefficient (Wildman–Crippen LogP) is 6.99. The summed E-state index contributed by atoms with van der Waals surface area (Å²) in [7, 11) is 4.20. The first-order chi connectivity index (χ1) is 16.9. The van der Waals surface area contributed by atoms with Crippen LogP contribution in [0.15, 0.2) is 41.0 Å². The zero-order chi connectivity index (χ0) is 26.4. The van der Waals surface area contributed by atoms with Crippen LogP contribution in [0.2, 0.25) is 0 Å². The van der Waals surface area contributed by atoms with Crippen LogP contribution in [-0.2, 0) is 4.79 Å². The third kappa shape index (κ3) is 4.95. The van der Waals surface area contributed by atoms with Crippen LogP contribution in [0, 0.1) is 41.9 Å². The van der Waals surface area contributed by atoms with E-state index in [1.54, 1.807) is 5.57 Å². The molecular formula is C33H45NO2. The van der Waals surface area contributed by atoms with Crippen LogP contribution in [0.1, 0.15) is 89.7 Å². The number of carbonyl (C=O) groups excluding carboxylic acids is 1.